The summed E-state index contributed by atoms with van der Waals surface area (Å²) in [4.78, 5) is 40.9. The molecule has 2 aromatic rings. The zero-order valence-electron chi connectivity index (χ0n) is 31.9. The number of amides is 1. The largest absolute Gasteiger partial charge is 0.449 e. The lowest BCUT2D eigenvalue weighted by Gasteiger charge is -2.60. The van der Waals surface area contributed by atoms with Gasteiger partial charge in [0.1, 0.15) is 11.3 Å². The van der Waals surface area contributed by atoms with E-state index in [1.165, 1.54) is 0 Å². The van der Waals surface area contributed by atoms with Crippen molar-refractivity contribution in [2.45, 2.75) is 122 Å². The first-order valence-electron chi connectivity index (χ1n) is 19.4. The van der Waals surface area contributed by atoms with E-state index in [9.17, 15) is 39.9 Å². The summed E-state index contributed by atoms with van der Waals surface area (Å²) in [6.07, 6.45) is 0.907. The van der Waals surface area contributed by atoms with Crippen molar-refractivity contribution in [1.82, 2.24) is 0 Å². The number of nitrogens with zero attached hydrogens (tertiary/aromatic N) is 1. The van der Waals surface area contributed by atoms with E-state index < -0.39 is 63.9 Å². The molecule has 0 radical (unpaired) electrons. The van der Waals surface area contributed by atoms with Gasteiger partial charge in [-0.05, 0) is 125 Å². The summed E-state index contributed by atoms with van der Waals surface area (Å²) >= 11 is 0. The highest BCUT2D eigenvalue weighted by molar-refractivity contribution is 5.95. The van der Waals surface area contributed by atoms with Crippen LogP contribution in [0.15, 0.2) is 45.1 Å². The third-order valence-electron chi connectivity index (χ3n) is 14.0. The minimum absolute atomic E-state index is 0.0167. The van der Waals surface area contributed by atoms with Crippen LogP contribution in [-0.2, 0) is 9.53 Å². The Labute approximate surface area is 311 Å². The summed E-state index contributed by atoms with van der Waals surface area (Å²) in [5.74, 6) is -1.34. The molecule has 6 N–H and O–H groups in total. The number of carbonyl (C=O) groups is 2. The predicted octanol–water partition coefficient (Wildman–Crippen LogP) is 4.92. The summed E-state index contributed by atoms with van der Waals surface area (Å²) in [5.41, 5.74) is -3.03. The number of hydrogen-bond acceptors (Lipinski definition) is 11. The summed E-state index contributed by atoms with van der Waals surface area (Å²) in [6, 6.07) is 7.13. The van der Waals surface area contributed by atoms with Gasteiger partial charge in [0, 0.05) is 41.6 Å². The molecule has 12 heteroatoms. The average Bonchev–Trinajstić information content (AvgIpc) is 3.40. The Balaban J connectivity index is 1.05. The quantitative estimate of drug-likeness (QED) is 0.172. The second-order valence-electron chi connectivity index (χ2n) is 17.1. The number of ketones is 1. The summed E-state index contributed by atoms with van der Waals surface area (Å²) < 4.78 is 10.9. The van der Waals surface area contributed by atoms with Gasteiger partial charge in [0.25, 0.3) is 0 Å². The average molecular weight is 739 g/mol. The Morgan fingerprint density at radius 2 is 1.79 bits per heavy atom. The number of fused-ring (bicyclic) bond motifs is 6. The number of aliphatic hydroxyl groups is 5. The molecular weight excluding hydrogens is 680 g/mol. The maximum Gasteiger partial charge on any atom is 0.411 e. The highest BCUT2D eigenvalue weighted by Gasteiger charge is 2.69. The van der Waals surface area contributed by atoms with Gasteiger partial charge in [-0.2, -0.15) is 0 Å². The molecule has 1 amide bonds. The van der Waals surface area contributed by atoms with Crippen molar-refractivity contribution in [3.8, 4) is 0 Å². The van der Waals surface area contributed by atoms with Crippen molar-refractivity contribution < 1.29 is 44.3 Å². The number of rotatable bonds is 11. The zero-order chi connectivity index (χ0) is 38.7. The fourth-order valence-electron chi connectivity index (χ4n) is 10.7. The smallest absolute Gasteiger partial charge is 0.411 e. The molecule has 11 atom stereocenters. The number of nitrogens with one attached hydrogen (secondary N) is 1. The van der Waals surface area contributed by atoms with Crippen molar-refractivity contribution in [1.29, 1.82) is 0 Å². The Kier molecular flexibility index (Phi) is 10.7. The molecule has 0 saturated heterocycles. The zero-order valence-corrected chi connectivity index (χ0v) is 31.9. The van der Waals surface area contributed by atoms with Crippen LogP contribution in [0.25, 0.3) is 11.0 Å². The van der Waals surface area contributed by atoms with E-state index in [-0.39, 0.29) is 49.2 Å². The maximum absolute atomic E-state index is 13.5. The lowest BCUT2D eigenvalue weighted by molar-refractivity contribution is -0.176. The van der Waals surface area contributed by atoms with Gasteiger partial charge >= 0.3 is 11.7 Å². The van der Waals surface area contributed by atoms with Gasteiger partial charge in [0.05, 0.1) is 36.1 Å². The maximum atomic E-state index is 13.5. The Hall–Kier alpha value is -3.29. The molecule has 0 spiro atoms. The van der Waals surface area contributed by atoms with E-state index in [1.807, 2.05) is 46.8 Å². The summed E-state index contributed by atoms with van der Waals surface area (Å²) in [6.45, 7) is 13.2. The van der Waals surface area contributed by atoms with Crippen LogP contribution >= 0.6 is 0 Å². The molecule has 4 aliphatic rings. The SMILES string of the molecule is CCN(CC)c1ccc2cc(NC(=O)OCC(C)CC[C@@H](O)[C@@](C)(O)C3CC[C@@]4(O)C5=CC(=O)[C@@H]6C[C@@H](O)[C@@H](O)CC6(C)C5CCC34C)c(=O)oc2c1. The van der Waals surface area contributed by atoms with Crippen molar-refractivity contribution in [2.75, 3.05) is 29.9 Å². The van der Waals surface area contributed by atoms with Gasteiger partial charge in [-0.1, -0.05) is 20.8 Å². The van der Waals surface area contributed by atoms with E-state index >= 15 is 0 Å². The second-order valence-corrected chi connectivity index (χ2v) is 17.1. The molecule has 12 nitrogen and oxygen atoms in total. The van der Waals surface area contributed by atoms with E-state index in [0.717, 1.165) is 18.8 Å². The predicted molar refractivity (Wildman–Crippen MR) is 200 cm³/mol. The topological polar surface area (TPSA) is 190 Å². The number of carbonyl (C=O) groups excluding carboxylic acids is 2. The van der Waals surface area contributed by atoms with Crippen LogP contribution in [0.1, 0.15) is 92.9 Å². The standard InChI is InChI=1S/C41H58N2O10/c1-7-43(8-2)25-11-10-24-17-29(36(48)53-33(24)18-25)42-37(49)52-22-23(3)9-12-35(47)40(6,50)34-14-16-41(51)27-19-30(44)28-20-31(45)32(46)21-38(28,4)26(27)13-15-39(34,41)5/h10-11,17-19,23,26,28,31-32,34-35,45-47,50-51H,7-9,12-16,20-22H2,1-6H3,(H,42,49)/t23?,26?,28-,31+,32-,34?,35+,38?,39?,40-,41+/m0/s1. The first-order valence-corrected chi connectivity index (χ1v) is 19.4. The first kappa shape index (κ1) is 39.4. The normalized spacial score (nSPS) is 34.6. The molecule has 1 heterocycles. The molecule has 0 aliphatic heterocycles. The van der Waals surface area contributed by atoms with Crippen molar-refractivity contribution in [2.24, 2.45) is 34.5 Å². The van der Waals surface area contributed by atoms with Crippen LogP contribution in [0.4, 0.5) is 16.2 Å². The number of anilines is 2. The molecule has 1 aromatic heterocycles. The Morgan fingerprint density at radius 1 is 1.08 bits per heavy atom. The third kappa shape index (κ3) is 6.73. The fraction of sp³-hybridized carbons (Fsp3) is 0.683. The molecule has 5 unspecified atom stereocenters. The Bertz CT molecular complexity index is 1800. The van der Waals surface area contributed by atoms with Crippen LogP contribution in [0.2, 0.25) is 0 Å². The van der Waals surface area contributed by atoms with Crippen LogP contribution < -0.4 is 15.8 Å². The van der Waals surface area contributed by atoms with Crippen LogP contribution in [0, 0.1) is 34.5 Å². The molecule has 4 aliphatic carbocycles. The van der Waals surface area contributed by atoms with Gasteiger partial charge in [-0.3, -0.25) is 10.1 Å². The second kappa shape index (κ2) is 14.4. The van der Waals surface area contributed by atoms with Gasteiger partial charge < -0.3 is 39.6 Å². The van der Waals surface area contributed by atoms with Crippen LogP contribution in [0.5, 0.6) is 0 Å². The van der Waals surface area contributed by atoms with E-state index in [0.29, 0.717) is 48.6 Å². The van der Waals surface area contributed by atoms with E-state index in [1.54, 1.807) is 25.1 Å². The van der Waals surface area contributed by atoms with Gasteiger partial charge in [0.2, 0.25) is 0 Å². The molecule has 0 bridgehead atoms. The molecule has 53 heavy (non-hydrogen) atoms. The van der Waals surface area contributed by atoms with Crippen molar-refractivity contribution >= 4 is 34.2 Å². The van der Waals surface area contributed by atoms with E-state index in [2.05, 4.69) is 10.2 Å². The molecule has 3 fully saturated rings. The number of allylic oxidation sites excluding steroid dienone is 1. The lowest BCUT2D eigenvalue weighted by atomic mass is 9.45. The first-order chi connectivity index (χ1) is 24.9. The van der Waals surface area contributed by atoms with E-state index in [4.69, 9.17) is 9.15 Å². The highest BCUT2D eigenvalue weighted by atomic mass is 16.5. The number of benzene rings is 1. The Morgan fingerprint density at radius 3 is 2.49 bits per heavy atom. The monoisotopic (exact) mass is 738 g/mol. The molecular formula is C41H58N2O10. The highest BCUT2D eigenvalue weighted by Crippen LogP contribution is 2.68. The lowest BCUT2D eigenvalue weighted by Crippen LogP contribution is -2.62. The summed E-state index contributed by atoms with van der Waals surface area (Å²) in [5, 5.41) is 60.0. The van der Waals surface area contributed by atoms with Crippen molar-refractivity contribution in [3.05, 3.63) is 46.3 Å². The number of aliphatic hydroxyl groups excluding tert-OH is 3. The van der Waals surface area contributed by atoms with Gasteiger partial charge in [-0.15, -0.1) is 0 Å². The molecule has 6 rings (SSSR count). The number of hydrogen-bond donors (Lipinski definition) is 6. The van der Waals surface area contributed by atoms with Gasteiger partial charge in [-0.25, -0.2) is 9.59 Å². The van der Waals surface area contributed by atoms with Crippen LogP contribution in [-0.4, -0.2) is 86.6 Å². The minimum atomic E-state index is -1.56. The summed E-state index contributed by atoms with van der Waals surface area (Å²) in [7, 11) is 0. The van der Waals surface area contributed by atoms with Crippen LogP contribution in [0.3, 0.4) is 0 Å². The van der Waals surface area contributed by atoms with Gasteiger partial charge in [0.15, 0.2) is 5.78 Å². The molecule has 1 aromatic carbocycles. The van der Waals surface area contributed by atoms with Crippen molar-refractivity contribution in [3.63, 3.8) is 0 Å². The fourth-order valence-corrected chi connectivity index (χ4v) is 10.7. The number of ether oxygens (including phenoxy) is 1. The molecule has 3 saturated carbocycles. The minimum Gasteiger partial charge on any atom is -0.449 e. The third-order valence-corrected chi connectivity index (χ3v) is 14.0. The molecule has 292 valence electrons.